The first-order valence-electron chi connectivity index (χ1n) is 7.08. The van der Waals surface area contributed by atoms with E-state index in [2.05, 4.69) is 21.9 Å². The highest BCUT2D eigenvalue weighted by molar-refractivity contribution is 5.96. The Kier molecular flexibility index (Phi) is 7.34. The average Bonchev–Trinajstić information content (AvgIpc) is 2.56. The molecular formula is C17H20N2O4. The van der Waals surface area contributed by atoms with Crippen molar-refractivity contribution in [2.24, 2.45) is 0 Å². The summed E-state index contributed by atoms with van der Waals surface area (Å²) in [5, 5.41) is 2.46. The van der Waals surface area contributed by atoms with Crippen LogP contribution in [0.25, 0.3) is 0 Å². The number of rotatable bonds is 5. The van der Waals surface area contributed by atoms with E-state index in [1.165, 1.54) is 12.0 Å². The lowest BCUT2D eigenvalue weighted by Crippen LogP contribution is -2.30. The molecule has 0 heterocycles. The molecule has 0 fully saturated rings. The topological polar surface area (TPSA) is 75.7 Å². The zero-order valence-corrected chi connectivity index (χ0v) is 13.5. The van der Waals surface area contributed by atoms with E-state index in [0.717, 1.165) is 0 Å². The summed E-state index contributed by atoms with van der Waals surface area (Å²) < 4.78 is 4.45. The predicted octanol–water partition coefficient (Wildman–Crippen LogP) is 0.809. The number of hydrogen-bond acceptors (Lipinski definition) is 4. The van der Waals surface area contributed by atoms with E-state index in [4.69, 9.17) is 0 Å². The fraction of sp³-hybridized carbons (Fsp3) is 0.353. The number of nitrogens with zero attached hydrogens (tertiary/aromatic N) is 1. The molecule has 6 nitrogen and oxygen atoms in total. The normalized spacial score (nSPS) is 9.35. The van der Waals surface area contributed by atoms with Gasteiger partial charge in [-0.15, -0.1) is 0 Å². The van der Waals surface area contributed by atoms with Crippen LogP contribution in [0, 0.1) is 11.8 Å². The minimum atomic E-state index is -0.514. The van der Waals surface area contributed by atoms with E-state index >= 15 is 0 Å². The molecule has 0 radical (unpaired) electrons. The van der Waals surface area contributed by atoms with Gasteiger partial charge in [0.1, 0.15) is 6.54 Å². The van der Waals surface area contributed by atoms with Crippen LogP contribution < -0.4 is 5.32 Å². The van der Waals surface area contributed by atoms with Gasteiger partial charge in [-0.05, 0) is 18.2 Å². The Balaban J connectivity index is 2.61. The van der Waals surface area contributed by atoms with Crippen LogP contribution in [0.3, 0.4) is 0 Å². The van der Waals surface area contributed by atoms with Gasteiger partial charge in [0.2, 0.25) is 5.91 Å². The molecule has 6 heteroatoms. The maximum absolute atomic E-state index is 11.9. The summed E-state index contributed by atoms with van der Waals surface area (Å²) in [5.74, 6) is 4.96. The van der Waals surface area contributed by atoms with Gasteiger partial charge in [-0.2, -0.15) is 0 Å². The zero-order chi connectivity index (χ0) is 17.2. The molecule has 23 heavy (non-hydrogen) atoms. The molecule has 0 saturated heterocycles. The van der Waals surface area contributed by atoms with Crippen molar-refractivity contribution in [1.29, 1.82) is 0 Å². The van der Waals surface area contributed by atoms with Gasteiger partial charge in [0.05, 0.1) is 7.11 Å². The van der Waals surface area contributed by atoms with E-state index in [1.807, 2.05) is 0 Å². The first-order chi connectivity index (χ1) is 10.9. The number of nitrogens with one attached hydrogen (secondary N) is 1. The van der Waals surface area contributed by atoms with Crippen molar-refractivity contribution in [1.82, 2.24) is 10.2 Å². The van der Waals surface area contributed by atoms with Gasteiger partial charge in [0.25, 0.3) is 5.91 Å². The van der Waals surface area contributed by atoms with Gasteiger partial charge in [-0.3, -0.25) is 14.4 Å². The zero-order valence-electron chi connectivity index (χ0n) is 13.5. The monoisotopic (exact) mass is 316 g/mol. The molecular weight excluding hydrogens is 296 g/mol. The van der Waals surface area contributed by atoms with E-state index in [1.54, 1.807) is 38.4 Å². The number of esters is 1. The van der Waals surface area contributed by atoms with Gasteiger partial charge in [-0.25, -0.2) is 0 Å². The van der Waals surface area contributed by atoms with Crippen LogP contribution in [0.1, 0.15) is 28.8 Å². The molecule has 0 aliphatic heterocycles. The first-order valence-corrected chi connectivity index (χ1v) is 7.08. The van der Waals surface area contributed by atoms with E-state index < -0.39 is 5.97 Å². The minimum Gasteiger partial charge on any atom is -0.468 e. The van der Waals surface area contributed by atoms with Crippen LogP contribution >= 0.6 is 0 Å². The van der Waals surface area contributed by atoms with Crippen molar-refractivity contribution in [3.8, 4) is 11.8 Å². The molecule has 1 rings (SSSR count). The molecule has 0 atom stereocenters. The molecule has 0 aliphatic rings. The smallest absolute Gasteiger partial charge is 0.325 e. The standard InChI is InChI=1S/C17H20N2O4/c1-19(2)15(20)10-5-4-7-13-8-6-9-14(11-13)17(22)18-12-16(21)23-3/h6,8-9,11H,5,10,12H2,1-3H3,(H,18,22). The van der Waals surface area contributed by atoms with Gasteiger partial charge < -0.3 is 15.0 Å². The van der Waals surface area contributed by atoms with Crippen molar-refractivity contribution in [3.63, 3.8) is 0 Å². The summed E-state index contributed by atoms with van der Waals surface area (Å²) in [6.45, 7) is -0.183. The molecule has 0 bridgehead atoms. The first kappa shape index (κ1) is 18.2. The van der Waals surface area contributed by atoms with Gasteiger partial charge in [-0.1, -0.05) is 17.9 Å². The number of carbonyl (C=O) groups excluding carboxylic acids is 3. The summed E-state index contributed by atoms with van der Waals surface area (Å²) >= 11 is 0. The van der Waals surface area contributed by atoms with Crippen molar-refractivity contribution in [2.75, 3.05) is 27.7 Å². The molecule has 0 spiro atoms. The highest BCUT2D eigenvalue weighted by Crippen LogP contribution is 2.04. The van der Waals surface area contributed by atoms with Gasteiger partial charge in [0, 0.05) is 38.1 Å². The molecule has 2 amide bonds. The largest absolute Gasteiger partial charge is 0.468 e. The van der Waals surface area contributed by atoms with Crippen LogP contribution in [0.4, 0.5) is 0 Å². The van der Waals surface area contributed by atoms with Crippen LogP contribution in [-0.4, -0.2) is 50.4 Å². The molecule has 1 aromatic carbocycles. The lowest BCUT2D eigenvalue weighted by atomic mass is 10.1. The Hall–Kier alpha value is -2.81. The van der Waals surface area contributed by atoms with Crippen molar-refractivity contribution >= 4 is 17.8 Å². The Bertz CT molecular complexity index is 641. The fourth-order valence-electron chi connectivity index (χ4n) is 1.62. The fourth-order valence-corrected chi connectivity index (χ4v) is 1.62. The molecule has 1 N–H and O–H groups in total. The summed E-state index contributed by atoms with van der Waals surface area (Å²) in [7, 11) is 4.66. The highest BCUT2D eigenvalue weighted by Gasteiger charge is 2.08. The third kappa shape index (κ3) is 6.66. The molecule has 0 aromatic heterocycles. The van der Waals surface area contributed by atoms with E-state index in [-0.39, 0.29) is 18.4 Å². The van der Waals surface area contributed by atoms with Crippen molar-refractivity contribution in [3.05, 3.63) is 35.4 Å². The van der Waals surface area contributed by atoms with Crippen LogP contribution in [0.15, 0.2) is 24.3 Å². The van der Waals surface area contributed by atoms with Gasteiger partial charge in [0.15, 0.2) is 0 Å². The van der Waals surface area contributed by atoms with Crippen molar-refractivity contribution < 1.29 is 19.1 Å². The lowest BCUT2D eigenvalue weighted by molar-refractivity contribution is -0.139. The molecule has 122 valence electrons. The summed E-state index contributed by atoms with van der Waals surface area (Å²) in [5.41, 5.74) is 1.08. The molecule has 0 aliphatic carbocycles. The number of ether oxygens (including phenoxy) is 1. The number of carbonyl (C=O) groups is 3. The number of amides is 2. The molecule has 1 aromatic rings. The Morgan fingerprint density at radius 2 is 2.00 bits per heavy atom. The molecule has 0 saturated carbocycles. The SMILES string of the molecule is COC(=O)CNC(=O)c1cccc(C#CCCC(=O)N(C)C)c1. The Labute approximate surface area is 135 Å². The quantitative estimate of drug-likeness (QED) is 0.644. The molecule has 0 unspecified atom stereocenters. The minimum absolute atomic E-state index is 0.0234. The van der Waals surface area contributed by atoms with Crippen LogP contribution in [0.5, 0.6) is 0 Å². The number of hydrogen-bond donors (Lipinski definition) is 1. The van der Waals surface area contributed by atoms with Crippen LogP contribution in [0.2, 0.25) is 0 Å². The highest BCUT2D eigenvalue weighted by atomic mass is 16.5. The third-order valence-electron chi connectivity index (χ3n) is 2.94. The van der Waals surface area contributed by atoms with E-state index in [0.29, 0.717) is 24.0 Å². The Morgan fingerprint density at radius 3 is 2.65 bits per heavy atom. The lowest BCUT2D eigenvalue weighted by Gasteiger charge is -2.07. The Morgan fingerprint density at radius 1 is 1.26 bits per heavy atom. The second-order valence-corrected chi connectivity index (χ2v) is 4.93. The number of benzene rings is 1. The van der Waals surface area contributed by atoms with Gasteiger partial charge >= 0.3 is 5.97 Å². The summed E-state index contributed by atoms with van der Waals surface area (Å²) in [4.78, 5) is 35.8. The van der Waals surface area contributed by atoms with Crippen LogP contribution in [-0.2, 0) is 14.3 Å². The third-order valence-corrected chi connectivity index (χ3v) is 2.94. The maximum Gasteiger partial charge on any atom is 0.325 e. The second kappa shape index (κ2) is 9.26. The van der Waals surface area contributed by atoms with Crippen molar-refractivity contribution in [2.45, 2.75) is 12.8 Å². The van der Waals surface area contributed by atoms with E-state index in [9.17, 15) is 14.4 Å². The predicted molar refractivity (Wildman–Crippen MR) is 85.6 cm³/mol. The number of methoxy groups -OCH3 is 1. The average molecular weight is 316 g/mol. The summed E-state index contributed by atoms with van der Waals surface area (Å²) in [6.07, 6.45) is 0.815. The summed E-state index contributed by atoms with van der Waals surface area (Å²) in [6, 6.07) is 6.75. The maximum atomic E-state index is 11.9. The second-order valence-electron chi connectivity index (χ2n) is 4.93.